The Morgan fingerprint density at radius 3 is 2.29 bits per heavy atom. The maximum Gasteiger partial charge on any atom is 0.180 e. The third-order valence-electron chi connectivity index (χ3n) is 3.38. The van der Waals surface area contributed by atoms with Crippen LogP contribution in [-0.2, 0) is 0 Å². The van der Waals surface area contributed by atoms with Crippen LogP contribution in [0.2, 0.25) is 0 Å². The van der Waals surface area contributed by atoms with Gasteiger partial charge in [0.15, 0.2) is 5.78 Å². The average molecular weight is 223 g/mol. The lowest BCUT2D eigenvalue weighted by Crippen LogP contribution is -2.31. The van der Waals surface area contributed by atoms with Crippen LogP contribution in [0.3, 0.4) is 0 Å². The first kappa shape index (κ1) is 10.2. The molecular formula is C15H13NO. The van der Waals surface area contributed by atoms with E-state index in [0.29, 0.717) is 0 Å². The SMILES string of the molecule is NC1C(=O)c2ccccc2C1c1ccccc1. The first-order valence-corrected chi connectivity index (χ1v) is 5.72. The van der Waals surface area contributed by atoms with Crippen LogP contribution < -0.4 is 5.73 Å². The molecule has 2 aromatic carbocycles. The summed E-state index contributed by atoms with van der Waals surface area (Å²) in [4.78, 5) is 12.1. The van der Waals surface area contributed by atoms with Crippen molar-refractivity contribution >= 4 is 5.78 Å². The molecule has 0 aromatic heterocycles. The summed E-state index contributed by atoms with van der Waals surface area (Å²) in [6, 6.07) is 17.2. The first-order chi connectivity index (χ1) is 8.29. The van der Waals surface area contributed by atoms with Gasteiger partial charge in [-0.3, -0.25) is 4.79 Å². The number of carbonyl (C=O) groups is 1. The lowest BCUT2D eigenvalue weighted by molar-refractivity contribution is 0.0970. The molecule has 2 atom stereocenters. The molecule has 0 amide bonds. The quantitative estimate of drug-likeness (QED) is 0.806. The molecule has 2 aromatic rings. The van der Waals surface area contributed by atoms with Crippen LogP contribution in [0.1, 0.15) is 27.4 Å². The van der Waals surface area contributed by atoms with Crippen LogP contribution in [0.15, 0.2) is 54.6 Å². The van der Waals surface area contributed by atoms with Crippen molar-refractivity contribution in [2.24, 2.45) is 5.73 Å². The fourth-order valence-electron chi connectivity index (χ4n) is 2.56. The molecule has 0 radical (unpaired) electrons. The third kappa shape index (κ3) is 1.49. The number of nitrogens with two attached hydrogens (primary N) is 1. The zero-order valence-electron chi connectivity index (χ0n) is 9.34. The standard InChI is InChI=1S/C15H13NO/c16-14-13(10-6-2-1-3-7-10)11-8-4-5-9-12(11)15(14)17/h1-9,13-14H,16H2. The summed E-state index contributed by atoms with van der Waals surface area (Å²) in [5.74, 6) is 0.0503. The van der Waals surface area contributed by atoms with E-state index < -0.39 is 6.04 Å². The number of fused-ring (bicyclic) bond motifs is 1. The Labute approximate surface area is 100 Å². The summed E-state index contributed by atoms with van der Waals surface area (Å²) in [5.41, 5.74) is 8.99. The van der Waals surface area contributed by atoms with Crippen molar-refractivity contribution in [3.63, 3.8) is 0 Å². The topological polar surface area (TPSA) is 43.1 Å². The highest BCUT2D eigenvalue weighted by Crippen LogP contribution is 2.36. The first-order valence-electron chi connectivity index (χ1n) is 5.72. The zero-order chi connectivity index (χ0) is 11.8. The van der Waals surface area contributed by atoms with Gasteiger partial charge in [-0.1, -0.05) is 54.6 Å². The number of carbonyl (C=O) groups excluding carboxylic acids is 1. The second kappa shape index (κ2) is 3.82. The van der Waals surface area contributed by atoms with Gasteiger partial charge >= 0.3 is 0 Å². The maximum atomic E-state index is 12.1. The predicted octanol–water partition coefficient (Wildman–Crippen LogP) is 2.34. The summed E-state index contributed by atoms with van der Waals surface area (Å²) in [5, 5.41) is 0. The Bertz CT molecular complexity index is 562. The number of rotatable bonds is 1. The summed E-state index contributed by atoms with van der Waals surface area (Å²) >= 11 is 0. The van der Waals surface area contributed by atoms with Crippen LogP contribution in [0.5, 0.6) is 0 Å². The van der Waals surface area contributed by atoms with Crippen molar-refractivity contribution in [2.75, 3.05) is 0 Å². The van der Waals surface area contributed by atoms with Crippen molar-refractivity contribution < 1.29 is 4.79 Å². The highest BCUT2D eigenvalue weighted by molar-refractivity contribution is 6.06. The van der Waals surface area contributed by atoms with Gasteiger partial charge < -0.3 is 5.73 Å². The third-order valence-corrected chi connectivity index (χ3v) is 3.38. The molecule has 0 bridgehead atoms. The van der Waals surface area contributed by atoms with Crippen molar-refractivity contribution in [3.8, 4) is 0 Å². The monoisotopic (exact) mass is 223 g/mol. The van der Waals surface area contributed by atoms with Gasteiger partial charge in [0.05, 0.1) is 6.04 Å². The second-order valence-electron chi connectivity index (χ2n) is 4.37. The number of hydrogen-bond acceptors (Lipinski definition) is 2. The zero-order valence-corrected chi connectivity index (χ0v) is 9.34. The summed E-state index contributed by atoms with van der Waals surface area (Å²) in [6.07, 6.45) is 0. The summed E-state index contributed by atoms with van der Waals surface area (Å²) < 4.78 is 0. The second-order valence-corrected chi connectivity index (χ2v) is 4.37. The molecule has 0 saturated heterocycles. The molecule has 1 aliphatic carbocycles. The summed E-state index contributed by atoms with van der Waals surface area (Å²) in [6.45, 7) is 0. The van der Waals surface area contributed by atoms with Gasteiger partial charge in [-0.15, -0.1) is 0 Å². The van der Waals surface area contributed by atoms with Gasteiger partial charge in [0.25, 0.3) is 0 Å². The minimum absolute atomic E-state index is 0.0000926. The molecule has 3 rings (SSSR count). The van der Waals surface area contributed by atoms with E-state index >= 15 is 0 Å². The van der Waals surface area contributed by atoms with E-state index in [1.165, 1.54) is 0 Å². The van der Waals surface area contributed by atoms with Crippen LogP contribution in [0.4, 0.5) is 0 Å². The minimum atomic E-state index is -0.449. The van der Waals surface area contributed by atoms with E-state index in [1.807, 2.05) is 54.6 Å². The Morgan fingerprint density at radius 1 is 0.882 bits per heavy atom. The molecule has 2 nitrogen and oxygen atoms in total. The normalized spacial score (nSPS) is 22.5. The average Bonchev–Trinajstić information content (AvgIpc) is 2.64. The molecule has 2 unspecified atom stereocenters. The van der Waals surface area contributed by atoms with Crippen molar-refractivity contribution in [3.05, 3.63) is 71.3 Å². The maximum absolute atomic E-state index is 12.1. The van der Waals surface area contributed by atoms with Crippen LogP contribution in [0.25, 0.3) is 0 Å². The van der Waals surface area contributed by atoms with Gasteiger partial charge in [0, 0.05) is 11.5 Å². The van der Waals surface area contributed by atoms with Crippen LogP contribution in [0, 0.1) is 0 Å². The molecule has 1 aliphatic rings. The number of ketones is 1. The predicted molar refractivity (Wildman–Crippen MR) is 67.0 cm³/mol. The fourth-order valence-corrected chi connectivity index (χ4v) is 2.56. The molecule has 0 fully saturated rings. The van der Waals surface area contributed by atoms with E-state index in [4.69, 9.17) is 5.73 Å². The van der Waals surface area contributed by atoms with E-state index in [1.54, 1.807) is 0 Å². The Hall–Kier alpha value is -1.93. The Balaban J connectivity index is 2.16. The summed E-state index contributed by atoms with van der Waals surface area (Å²) in [7, 11) is 0. The molecule has 17 heavy (non-hydrogen) atoms. The minimum Gasteiger partial charge on any atom is -0.320 e. The van der Waals surface area contributed by atoms with Gasteiger partial charge in [0.2, 0.25) is 0 Å². The lowest BCUT2D eigenvalue weighted by Gasteiger charge is -2.15. The highest BCUT2D eigenvalue weighted by Gasteiger charge is 2.37. The Kier molecular flexibility index (Phi) is 2.30. The van der Waals surface area contributed by atoms with Gasteiger partial charge in [-0.2, -0.15) is 0 Å². The van der Waals surface area contributed by atoms with Crippen molar-refractivity contribution in [1.29, 1.82) is 0 Å². The van der Waals surface area contributed by atoms with E-state index in [9.17, 15) is 4.79 Å². The van der Waals surface area contributed by atoms with Crippen LogP contribution >= 0.6 is 0 Å². The lowest BCUT2D eigenvalue weighted by atomic mass is 9.90. The van der Waals surface area contributed by atoms with Crippen molar-refractivity contribution in [1.82, 2.24) is 0 Å². The molecule has 0 heterocycles. The highest BCUT2D eigenvalue weighted by atomic mass is 16.1. The van der Waals surface area contributed by atoms with Gasteiger partial charge in [0.1, 0.15) is 0 Å². The van der Waals surface area contributed by atoms with E-state index in [2.05, 4.69) is 0 Å². The Morgan fingerprint density at radius 2 is 1.53 bits per heavy atom. The van der Waals surface area contributed by atoms with E-state index in [0.717, 1.165) is 16.7 Å². The molecule has 2 heteroatoms. The molecular weight excluding hydrogens is 210 g/mol. The molecule has 84 valence electrons. The molecule has 0 saturated carbocycles. The largest absolute Gasteiger partial charge is 0.320 e. The van der Waals surface area contributed by atoms with Gasteiger partial charge in [-0.05, 0) is 11.1 Å². The fraction of sp³-hybridized carbons (Fsp3) is 0.133. The number of Topliss-reactive ketones (excluding diaryl/α,β-unsaturated/α-hetero) is 1. The molecule has 2 N–H and O–H groups in total. The molecule has 0 aliphatic heterocycles. The smallest absolute Gasteiger partial charge is 0.180 e. The molecule has 0 spiro atoms. The number of benzene rings is 2. The van der Waals surface area contributed by atoms with E-state index in [-0.39, 0.29) is 11.7 Å². The van der Waals surface area contributed by atoms with Crippen molar-refractivity contribution in [2.45, 2.75) is 12.0 Å². The number of hydrogen-bond donors (Lipinski definition) is 1. The van der Waals surface area contributed by atoms with Gasteiger partial charge in [-0.25, -0.2) is 0 Å². The van der Waals surface area contributed by atoms with Crippen LogP contribution in [-0.4, -0.2) is 11.8 Å².